The summed E-state index contributed by atoms with van der Waals surface area (Å²) >= 11 is 0. The van der Waals surface area contributed by atoms with Gasteiger partial charge in [-0.1, -0.05) is 6.42 Å². The Morgan fingerprint density at radius 3 is 2.27 bits per heavy atom. The molecule has 2 aliphatic carbocycles. The third kappa shape index (κ3) is 3.65. The van der Waals surface area contributed by atoms with Crippen molar-refractivity contribution in [3.05, 3.63) is 0 Å². The van der Waals surface area contributed by atoms with Crippen molar-refractivity contribution in [1.82, 2.24) is 0 Å². The van der Waals surface area contributed by atoms with Crippen LogP contribution in [0.15, 0.2) is 0 Å². The van der Waals surface area contributed by atoms with Gasteiger partial charge in [0.05, 0.1) is 37.9 Å². The molecule has 0 spiro atoms. The van der Waals surface area contributed by atoms with E-state index < -0.39 is 0 Å². The maximum atomic E-state index is 12.3. The molecule has 4 aliphatic rings. The van der Waals surface area contributed by atoms with Crippen molar-refractivity contribution in [1.29, 1.82) is 0 Å². The largest absolute Gasteiger partial charge is 0.465 e. The first kappa shape index (κ1) is 14.9. The molecule has 4 nitrogen and oxygen atoms in total. The topological polar surface area (TPSA) is 51.4 Å². The highest BCUT2D eigenvalue weighted by Gasteiger charge is 2.39. The van der Waals surface area contributed by atoms with E-state index in [1.165, 1.54) is 32.1 Å². The molecule has 0 aromatic carbocycles. The van der Waals surface area contributed by atoms with E-state index in [9.17, 15) is 4.79 Å². The number of hydrogen-bond acceptors (Lipinski definition) is 4. The average Bonchev–Trinajstić information content (AvgIpc) is 3.45. The Kier molecular flexibility index (Phi) is 4.40. The SMILES string of the molecule is O=C(OCC1CCC(C2CO2)CC1)C1CCCC(C2CO2)C1. The molecule has 0 bridgehead atoms. The van der Waals surface area contributed by atoms with E-state index >= 15 is 0 Å². The Morgan fingerprint density at radius 2 is 1.59 bits per heavy atom. The molecule has 4 atom stereocenters. The van der Waals surface area contributed by atoms with Crippen LogP contribution in [0.3, 0.4) is 0 Å². The van der Waals surface area contributed by atoms with Crippen molar-refractivity contribution in [2.45, 2.75) is 63.6 Å². The van der Waals surface area contributed by atoms with E-state index in [0.717, 1.165) is 38.4 Å². The molecule has 4 heteroatoms. The summed E-state index contributed by atoms with van der Waals surface area (Å²) in [7, 11) is 0. The Hall–Kier alpha value is -0.610. The van der Waals surface area contributed by atoms with Gasteiger partial charge in [0.1, 0.15) is 0 Å². The zero-order valence-electron chi connectivity index (χ0n) is 13.4. The van der Waals surface area contributed by atoms with Crippen molar-refractivity contribution in [3.8, 4) is 0 Å². The van der Waals surface area contributed by atoms with Crippen LogP contribution in [0, 0.1) is 23.7 Å². The van der Waals surface area contributed by atoms with Gasteiger partial charge in [-0.25, -0.2) is 0 Å². The minimum atomic E-state index is 0.0537. The van der Waals surface area contributed by atoms with Crippen molar-refractivity contribution in [2.24, 2.45) is 23.7 Å². The highest BCUT2D eigenvalue weighted by atomic mass is 16.6. The molecule has 2 saturated carbocycles. The lowest BCUT2D eigenvalue weighted by atomic mass is 9.79. The van der Waals surface area contributed by atoms with Crippen LogP contribution in [0.5, 0.6) is 0 Å². The third-order valence-corrected chi connectivity index (χ3v) is 6.17. The second-order valence-corrected chi connectivity index (χ2v) is 7.78. The molecule has 0 aromatic heterocycles. The molecule has 4 unspecified atom stereocenters. The average molecular weight is 308 g/mol. The molecule has 2 aliphatic heterocycles. The van der Waals surface area contributed by atoms with E-state index in [1.54, 1.807) is 0 Å². The number of hydrogen-bond donors (Lipinski definition) is 0. The van der Waals surface area contributed by atoms with Gasteiger partial charge >= 0.3 is 5.97 Å². The summed E-state index contributed by atoms with van der Waals surface area (Å²) in [4.78, 5) is 12.3. The van der Waals surface area contributed by atoms with Gasteiger partial charge in [-0.3, -0.25) is 4.79 Å². The first-order chi connectivity index (χ1) is 10.8. The van der Waals surface area contributed by atoms with Crippen LogP contribution < -0.4 is 0 Å². The van der Waals surface area contributed by atoms with Crippen LogP contribution in [0.1, 0.15) is 51.4 Å². The Bertz CT molecular complexity index is 394. The summed E-state index contributed by atoms with van der Waals surface area (Å²) in [6, 6.07) is 0. The quantitative estimate of drug-likeness (QED) is 0.579. The predicted octanol–water partition coefficient (Wildman–Crippen LogP) is 2.94. The van der Waals surface area contributed by atoms with Gasteiger partial charge in [-0.15, -0.1) is 0 Å². The molecule has 4 rings (SSSR count). The number of ether oxygens (including phenoxy) is 3. The maximum absolute atomic E-state index is 12.3. The summed E-state index contributed by atoms with van der Waals surface area (Å²) in [5, 5.41) is 0. The number of carbonyl (C=O) groups excluding carboxylic acids is 1. The summed E-state index contributed by atoms with van der Waals surface area (Å²) in [6.45, 7) is 2.51. The van der Waals surface area contributed by atoms with E-state index in [2.05, 4.69) is 0 Å². The van der Waals surface area contributed by atoms with Crippen LogP contribution in [-0.2, 0) is 19.0 Å². The second kappa shape index (κ2) is 6.48. The molecular formula is C18H28O4. The van der Waals surface area contributed by atoms with Gasteiger partial charge in [0.2, 0.25) is 0 Å². The van der Waals surface area contributed by atoms with Gasteiger partial charge in [-0.2, -0.15) is 0 Å². The third-order valence-electron chi connectivity index (χ3n) is 6.17. The van der Waals surface area contributed by atoms with Crippen molar-refractivity contribution < 1.29 is 19.0 Å². The normalized spacial score (nSPS) is 44.4. The highest BCUT2D eigenvalue weighted by Crippen LogP contribution is 2.38. The predicted molar refractivity (Wildman–Crippen MR) is 81.3 cm³/mol. The van der Waals surface area contributed by atoms with Crippen molar-refractivity contribution in [3.63, 3.8) is 0 Å². The maximum Gasteiger partial charge on any atom is 0.308 e. The molecular weight excluding hydrogens is 280 g/mol. The fraction of sp³-hybridized carbons (Fsp3) is 0.944. The lowest BCUT2D eigenvalue weighted by Crippen LogP contribution is -2.29. The van der Waals surface area contributed by atoms with Gasteiger partial charge in [0.25, 0.3) is 0 Å². The fourth-order valence-electron chi connectivity index (χ4n) is 4.48. The Morgan fingerprint density at radius 1 is 0.909 bits per heavy atom. The van der Waals surface area contributed by atoms with Crippen LogP contribution in [0.4, 0.5) is 0 Å². The van der Waals surface area contributed by atoms with Crippen LogP contribution in [0.25, 0.3) is 0 Å². The number of rotatable bonds is 5. The standard InChI is InChI=1S/C18H28O4/c19-18(15-3-1-2-14(8-15)17-11-21-17)22-9-12-4-6-13(7-5-12)16-10-20-16/h12-17H,1-11H2. The smallest absolute Gasteiger partial charge is 0.308 e. The molecule has 2 heterocycles. The van der Waals surface area contributed by atoms with Gasteiger partial charge in [0.15, 0.2) is 0 Å². The lowest BCUT2D eigenvalue weighted by Gasteiger charge is -2.29. The Balaban J connectivity index is 1.17. The zero-order valence-corrected chi connectivity index (χ0v) is 13.4. The van der Waals surface area contributed by atoms with Crippen LogP contribution in [0.2, 0.25) is 0 Å². The minimum Gasteiger partial charge on any atom is -0.465 e. The molecule has 0 amide bonds. The van der Waals surface area contributed by atoms with Crippen LogP contribution in [-0.4, -0.2) is 38.0 Å². The molecule has 0 radical (unpaired) electrons. The summed E-state index contributed by atoms with van der Waals surface area (Å²) < 4.78 is 16.5. The number of carbonyl (C=O) groups is 1. The first-order valence-electron chi connectivity index (χ1n) is 9.19. The lowest BCUT2D eigenvalue weighted by molar-refractivity contribution is -0.152. The molecule has 124 valence electrons. The van der Waals surface area contributed by atoms with E-state index in [-0.39, 0.29) is 11.9 Å². The monoisotopic (exact) mass is 308 g/mol. The van der Waals surface area contributed by atoms with Crippen molar-refractivity contribution in [2.75, 3.05) is 19.8 Å². The Labute approximate surface area is 132 Å². The van der Waals surface area contributed by atoms with Crippen LogP contribution >= 0.6 is 0 Å². The molecule has 0 aromatic rings. The zero-order chi connectivity index (χ0) is 14.9. The molecule has 0 N–H and O–H groups in total. The summed E-state index contributed by atoms with van der Waals surface area (Å²) in [5.74, 6) is 2.12. The van der Waals surface area contributed by atoms with E-state index in [4.69, 9.17) is 14.2 Å². The van der Waals surface area contributed by atoms with Gasteiger partial charge in [0, 0.05) is 0 Å². The number of epoxide rings is 2. The summed E-state index contributed by atoms with van der Waals surface area (Å²) in [6.07, 6.45) is 10.2. The summed E-state index contributed by atoms with van der Waals surface area (Å²) in [5.41, 5.74) is 0. The highest BCUT2D eigenvalue weighted by molar-refractivity contribution is 5.72. The van der Waals surface area contributed by atoms with E-state index in [0.29, 0.717) is 30.7 Å². The molecule has 22 heavy (non-hydrogen) atoms. The minimum absolute atomic E-state index is 0.0537. The fourth-order valence-corrected chi connectivity index (χ4v) is 4.48. The first-order valence-corrected chi connectivity index (χ1v) is 9.19. The van der Waals surface area contributed by atoms with E-state index in [1.807, 2.05) is 0 Å². The second-order valence-electron chi connectivity index (χ2n) is 7.78. The van der Waals surface area contributed by atoms with Gasteiger partial charge < -0.3 is 14.2 Å². The molecule has 4 fully saturated rings. The van der Waals surface area contributed by atoms with Crippen molar-refractivity contribution >= 4 is 5.97 Å². The van der Waals surface area contributed by atoms with Gasteiger partial charge in [-0.05, 0) is 62.7 Å². The number of esters is 1. The molecule has 2 saturated heterocycles.